The molecule has 1 N–H and O–H groups in total. The number of nitrogens with zero attached hydrogens (tertiary/aromatic N) is 1. The Hall–Kier alpha value is -5.80. The van der Waals surface area contributed by atoms with Crippen LogP contribution in [0.4, 0.5) is 22.7 Å². The second-order valence-electron chi connectivity index (χ2n) is 18.7. The quantitative estimate of drug-likeness (QED) is 0.180. The minimum absolute atomic E-state index is 0.0303. The van der Waals surface area contributed by atoms with E-state index in [1.165, 1.54) is 109 Å². The van der Waals surface area contributed by atoms with Gasteiger partial charge in [0.15, 0.2) is 7.28 Å². The molecule has 7 aromatic carbocycles. The predicted molar refractivity (Wildman–Crippen MR) is 245 cm³/mol. The maximum atomic E-state index is 4.08. The highest BCUT2D eigenvalue weighted by Gasteiger charge is 2.59. The van der Waals surface area contributed by atoms with Gasteiger partial charge in [0.2, 0.25) is 0 Å². The Bertz CT molecular complexity index is 2710. The molecule has 1 radical (unpaired) electrons. The highest BCUT2D eigenvalue weighted by molar-refractivity contribution is 6.73. The number of hydrogen-bond donors (Lipinski definition) is 1. The van der Waals surface area contributed by atoms with Crippen LogP contribution >= 0.6 is 0 Å². The Morgan fingerprint density at radius 3 is 1.93 bits per heavy atom. The Balaban J connectivity index is 1.24. The van der Waals surface area contributed by atoms with E-state index in [1.807, 2.05) is 0 Å². The first kappa shape index (κ1) is 35.4. The standard InChI is InChI=1S/C55H50BN2/c1-52(2,3)40-34-45-51-46(35-40)56-49-42(32-37(36-20-9-6-10-21-36)33-48(49)58(51)54(5)31-18-17-30-53(45,54)4)41-26-19-28-44-50(41)57-47-29-16-15-27-43(47)55(44,38-22-11-7-12-23-38)39-24-13-8-14-25-39/h6-16,19-29,32-35,57H,17-18,30-31H2,1-5H3. The maximum Gasteiger partial charge on any atom is 0.197 e. The van der Waals surface area contributed by atoms with Crippen molar-refractivity contribution in [2.75, 3.05) is 10.2 Å². The summed E-state index contributed by atoms with van der Waals surface area (Å²) in [4.78, 5) is 2.82. The van der Waals surface area contributed by atoms with Gasteiger partial charge in [0.05, 0.1) is 16.6 Å². The molecule has 1 fully saturated rings. The van der Waals surface area contributed by atoms with Gasteiger partial charge in [-0.1, -0.05) is 191 Å². The van der Waals surface area contributed by atoms with E-state index in [9.17, 15) is 0 Å². The molecule has 7 aromatic rings. The molecule has 0 spiro atoms. The summed E-state index contributed by atoms with van der Waals surface area (Å²) < 4.78 is 0. The molecule has 4 aliphatic rings. The van der Waals surface area contributed by atoms with Crippen LogP contribution in [0.3, 0.4) is 0 Å². The van der Waals surface area contributed by atoms with Crippen molar-refractivity contribution in [3.8, 4) is 22.3 Å². The molecule has 0 bridgehead atoms. The van der Waals surface area contributed by atoms with Crippen LogP contribution < -0.4 is 21.1 Å². The van der Waals surface area contributed by atoms with Crippen molar-refractivity contribution in [3.63, 3.8) is 0 Å². The van der Waals surface area contributed by atoms with Crippen LogP contribution in [0.1, 0.15) is 93.7 Å². The third-order valence-corrected chi connectivity index (χ3v) is 14.7. The summed E-state index contributed by atoms with van der Waals surface area (Å²) in [5, 5.41) is 4.08. The van der Waals surface area contributed by atoms with Crippen LogP contribution in [0.2, 0.25) is 0 Å². The Kier molecular flexibility index (Phi) is 7.69. The molecule has 0 amide bonds. The Morgan fingerprint density at radius 1 is 0.586 bits per heavy atom. The van der Waals surface area contributed by atoms with Gasteiger partial charge in [-0.05, 0) is 93.5 Å². The second-order valence-corrected chi connectivity index (χ2v) is 18.7. The summed E-state index contributed by atoms with van der Waals surface area (Å²) in [6.45, 7) is 12.3. The Labute approximate surface area is 345 Å². The zero-order valence-corrected chi connectivity index (χ0v) is 34.4. The molecule has 0 saturated heterocycles. The van der Waals surface area contributed by atoms with Gasteiger partial charge in [-0.15, -0.1) is 0 Å². The number of hydrogen-bond acceptors (Lipinski definition) is 2. The molecule has 283 valence electrons. The monoisotopic (exact) mass is 749 g/mol. The average Bonchev–Trinajstić information content (AvgIpc) is 3.47. The molecule has 1 aliphatic carbocycles. The molecule has 0 aromatic heterocycles. The minimum Gasteiger partial charge on any atom is -0.354 e. The summed E-state index contributed by atoms with van der Waals surface area (Å²) in [6.07, 6.45) is 4.90. The predicted octanol–water partition coefficient (Wildman–Crippen LogP) is 12.5. The van der Waals surface area contributed by atoms with Crippen molar-refractivity contribution < 1.29 is 0 Å². The van der Waals surface area contributed by atoms with E-state index in [2.05, 4.69) is 210 Å². The van der Waals surface area contributed by atoms with Gasteiger partial charge in [-0.25, -0.2) is 0 Å². The zero-order chi connectivity index (χ0) is 39.4. The lowest BCUT2D eigenvalue weighted by Gasteiger charge is -2.51. The normalized spacial score (nSPS) is 20.7. The van der Waals surface area contributed by atoms with Crippen molar-refractivity contribution in [1.82, 2.24) is 0 Å². The first-order valence-electron chi connectivity index (χ1n) is 21.3. The van der Waals surface area contributed by atoms with Gasteiger partial charge in [-0.2, -0.15) is 0 Å². The van der Waals surface area contributed by atoms with Crippen LogP contribution in [-0.4, -0.2) is 12.8 Å². The van der Waals surface area contributed by atoms with Crippen LogP contribution in [0.5, 0.6) is 0 Å². The molecule has 3 heteroatoms. The zero-order valence-electron chi connectivity index (χ0n) is 34.4. The molecule has 3 aliphatic heterocycles. The van der Waals surface area contributed by atoms with Gasteiger partial charge in [-0.3, -0.25) is 0 Å². The van der Waals surface area contributed by atoms with Gasteiger partial charge in [0.1, 0.15) is 0 Å². The Morgan fingerprint density at radius 2 is 1.22 bits per heavy atom. The van der Waals surface area contributed by atoms with Crippen LogP contribution in [0.15, 0.2) is 158 Å². The number of nitrogens with one attached hydrogen (secondary N) is 1. The fourth-order valence-electron chi connectivity index (χ4n) is 11.5. The lowest BCUT2D eigenvalue weighted by Crippen LogP contribution is -2.57. The van der Waals surface area contributed by atoms with E-state index in [1.54, 1.807) is 0 Å². The third-order valence-electron chi connectivity index (χ3n) is 14.7. The topological polar surface area (TPSA) is 15.3 Å². The lowest BCUT2D eigenvalue weighted by atomic mass is 9.56. The van der Waals surface area contributed by atoms with Gasteiger partial charge < -0.3 is 10.2 Å². The van der Waals surface area contributed by atoms with Crippen LogP contribution in [0, 0.1) is 0 Å². The SMILES string of the molecule is CC(C)(C)c1cc2c3c(c1)C1(C)CCCCC1(C)N3c1cc(-c3ccccc3)cc(-c3cccc4c3Nc3ccccc3C4(c3ccccc3)c3ccccc3)c1[B]2. The fraction of sp³-hybridized carbons (Fsp3) is 0.236. The van der Waals surface area contributed by atoms with Gasteiger partial charge >= 0.3 is 0 Å². The number of benzene rings is 7. The fourth-order valence-corrected chi connectivity index (χ4v) is 11.5. The van der Waals surface area contributed by atoms with Crippen LogP contribution in [0.25, 0.3) is 22.3 Å². The molecular formula is C55H50BN2. The highest BCUT2D eigenvalue weighted by atomic mass is 15.3. The van der Waals surface area contributed by atoms with Crippen molar-refractivity contribution in [3.05, 3.63) is 191 Å². The van der Waals surface area contributed by atoms with Crippen molar-refractivity contribution in [2.24, 2.45) is 0 Å². The van der Waals surface area contributed by atoms with Gasteiger partial charge in [0.25, 0.3) is 0 Å². The lowest BCUT2D eigenvalue weighted by molar-refractivity contribution is 0.195. The summed E-state index contributed by atoms with van der Waals surface area (Å²) in [5.74, 6) is 0. The summed E-state index contributed by atoms with van der Waals surface area (Å²) in [7, 11) is 2.55. The maximum absolute atomic E-state index is 4.08. The molecule has 1 saturated carbocycles. The summed E-state index contributed by atoms with van der Waals surface area (Å²) >= 11 is 0. The number of para-hydroxylation sites is 2. The molecule has 3 heterocycles. The van der Waals surface area contributed by atoms with E-state index in [4.69, 9.17) is 0 Å². The van der Waals surface area contributed by atoms with E-state index in [0.717, 1.165) is 5.69 Å². The first-order valence-corrected chi connectivity index (χ1v) is 21.3. The van der Waals surface area contributed by atoms with Crippen molar-refractivity contribution in [1.29, 1.82) is 0 Å². The summed E-state index contributed by atoms with van der Waals surface area (Å²) in [5.41, 5.74) is 20.2. The molecule has 2 unspecified atom stereocenters. The van der Waals surface area contributed by atoms with E-state index < -0.39 is 5.41 Å². The third kappa shape index (κ3) is 4.80. The molecular weight excluding hydrogens is 699 g/mol. The number of anilines is 4. The molecule has 2 nitrogen and oxygen atoms in total. The first-order chi connectivity index (χ1) is 28.1. The smallest absolute Gasteiger partial charge is 0.197 e. The van der Waals surface area contributed by atoms with E-state index in [0.29, 0.717) is 0 Å². The number of fused-ring (bicyclic) bond motifs is 7. The van der Waals surface area contributed by atoms with E-state index in [-0.39, 0.29) is 16.4 Å². The van der Waals surface area contributed by atoms with Crippen LogP contribution in [-0.2, 0) is 16.2 Å². The van der Waals surface area contributed by atoms with Gasteiger partial charge in [0, 0.05) is 28.0 Å². The highest BCUT2D eigenvalue weighted by Crippen LogP contribution is 2.62. The molecule has 2 atom stereocenters. The van der Waals surface area contributed by atoms with Crippen molar-refractivity contribution >= 4 is 41.0 Å². The minimum atomic E-state index is -0.536. The largest absolute Gasteiger partial charge is 0.354 e. The average molecular weight is 750 g/mol. The molecule has 11 rings (SSSR count). The van der Waals surface area contributed by atoms with E-state index >= 15 is 0 Å². The second kappa shape index (κ2) is 12.6. The van der Waals surface area contributed by atoms with Crippen molar-refractivity contribution in [2.45, 2.75) is 82.1 Å². The molecule has 58 heavy (non-hydrogen) atoms. The summed E-state index contributed by atoms with van der Waals surface area (Å²) in [6, 6.07) is 59.4. The number of rotatable bonds is 4.